The van der Waals surface area contributed by atoms with Crippen molar-refractivity contribution in [1.82, 2.24) is 4.57 Å². The van der Waals surface area contributed by atoms with Gasteiger partial charge in [-0.15, -0.1) is 0 Å². The van der Waals surface area contributed by atoms with Crippen LogP contribution in [0.5, 0.6) is 0 Å². The Kier molecular flexibility index (Phi) is 5.75. The van der Waals surface area contributed by atoms with Gasteiger partial charge in [0.25, 0.3) is 15.9 Å². The standard InChI is InChI=1S/C24H23N3O3S2/c1-16-14-21-22(15-17(16)2)31-24(26(21)3)25-23(28)18-10-12-20(13-11-18)32(29,30)27(4)19-8-6-5-7-9-19/h5-15H,1-4H3. The number of para-hydroxylation sites is 1. The molecule has 0 aliphatic rings. The number of nitrogens with zero attached hydrogens (tertiary/aromatic N) is 3. The summed E-state index contributed by atoms with van der Waals surface area (Å²) in [5.41, 5.74) is 4.28. The van der Waals surface area contributed by atoms with E-state index in [1.54, 1.807) is 24.3 Å². The van der Waals surface area contributed by atoms with E-state index in [9.17, 15) is 13.2 Å². The predicted molar refractivity (Wildman–Crippen MR) is 129 cm³/mol. The van der Waals surface area contributed by atoms with Crippen molar-refractivity contribution < 1.29 is 13.2 Å². The van der Waals surface area contributed by atoms with Crippen molar-refractivity contribution in [3.8, 4) is 0 Å². The average molecular weight is 466 g/mol. The number of amides is 1. The molecular formula is C24H23N3O3S2. The van der Waals surface area contributed by atoms with E-state index in [4.69, 9.17) is 0 Å². The lowest BCUT2D eigenvalue weighted by Crippen LogP contribution is -2.26. The van der Waals surface area contributed by atoms with Gasteiger partial charge in [-0.25, -0.2) is 8.42 Å². The van der Waals surface area contributed by atoms with E-state index < -0.39 is 15.9 Å². The number of carbonyl (C=O) groups excluding carboxylic acids is 1. The number of hydrogen-bond acceptors (Lipinski definition) is 4. The van der Waals surface area contributed by atoms with E-state index >= 15 is 0 Å². The molecule has 8 heteroatoms. The van der Waals surface area contributed by atoms with Crippen LogP contribution in [-0.4, -0.2) is 25.9 Å². The number of fused-ring (bicyclic) bond motifs is 1. The number of carbonyl (C=O) groups is 1. The predicted octanol–water partition coefficient (Wildman–Crippen LogP) is 4.42. The van der Waals surface area contributed by atoms with E-state index in [1.807, 2.05) is 17.7 Å². The Morgan fingerprint density at radius 2 is 1.59 bits per heavy atom. The summed E-state index contributed by atoms with van der Waals surface area (Å²) in [6.45, 7) is 4.11. The maximum atomic E-state index is 12.9. The number of aryl methyl sites for hydroxylation is 3. The summed E-state index contributed by atoms with van der Waals surface area (Å²) in [5, 5.41) is 0. The van der Waals surface area contributed by atoms with E-state index in [2.05, 4.69) is 31.0 Å². The minimum absolute atomic E-state index is 0.110. The van der Waals surface area contributed by atoms with Crippen molar-refractivity contribution in [1.29, 1.82) is 0 Å². The third kappa shape index (κ3) is 3.99. The van der Waals surface area contributed by atoms with Gasteiger partial charge < -0.3 is 4.57 Å². The molecule has 0 bridgehead atoms. The van der Waals surface area contributed by atoms with Crippen LogP contribution in [-0.2, 0) is 17.1 Å². The topological polar surface area (TPSA) is 71.7 Å². The lowest BCUT2D eigenvalue weighted by Gasteiger charge is -2.19. The summed E-state index contributed by atoms with van der Waals surface area (Å²) >= 11 is 1.45. The van der Waals surface area contributed by atoms with Crippen molar-refractivity contribution in [3.63, 3.8) is 0 Å². The van der Waals surface area contributed by atoms with E-state index in [0.717, 1.165) is 10.2 Å². The molecule has 32 heavy (non-hydrogen) atoms. The van der Waals surface area contributed by atoms with Gasteiger partial charge in [-0.2, -0.15) is 4.99 Å². The quantitative estimate of drug-likeness (QED) is 0.448. The van der Waals surface area contributed by atoms with Crippen molar-refractivity contribution in [2.45, 2.75) is 18.7 Å². The smallest absolute Gasteiger partial charge is 0.279 e. The van der Waals surface area contributed by atoms with Gasteiger partial charge in [-0.1, -0.05) is 29.5 Å². The minimum Gasteiger partial charge on any atom is -0.319 e. The van der Waals surface area contributed by atoms with Crippen LogP contribution in [0.25, 0.3) is 10.2 Å². The highest BCUT2D eigenvalue weighted by Crippen LogP contribution is 2.23. The first-order chi connectivity index (χ1) is 15.2. The fourth-order valence-electron chi connectivity index (χ4n) is 3.34. The molecule has 0 N–H and O–H groups in total. The van der Waals surface area contributed by atoms with Crippen LogP contribution < -0.4 is 9.11 Å². The van der Waals surface area contributed by atoms with Crippen molar-refractivity contribution >= 4 is 43.2 Å². The zero-order chi connectivity index (χ0) is 23.0. The summed E-state index contributed by atoms with van der Waals surface area (Å²) in [7, 11) is -0.349. The Hall–Kier alpha value is -3.23. The molecule has 6 nitrogen and oxygen atoms in total. The molecule has 0 unspecified atom stereocenters. The Morgan fingerprint density at radius 3 is 2.25 bits per heavy atom. The lowest BCUT2D eigenvalue weighted by molar-refractivity contribution is 0.0998. The molecule has 0 spiro atoms. The van der Waals surface area contributed by atoms with Gasteiger partial charge in [-0.3, -0.25) is 9.10 Å². The zero-order valence-electron chi connectivity index (χ0n) is 18.2. The second-order valence-electron chi connectivity index (χ2n) is 7.60. The summed E-state index contributed by atoms with van der Waals surface area (Å²) in [6, 6.07) is 18.9. The number of sulfonamides is 1. The number of thiazole rings is 1. The van der Waals surface area contributed by atoms with Crippen LogP contribution in [0, 0.1) is 13.8 Å². The van der Waals surface area contributed by atoms with Crippen LogP contribution in [0.3, 0.4) is 0 Å². The molecule has 164 valence electrons. The Bertz CT molecular complexity index is 1480. The number of rotatable bonds is 4. The molecule has 0 aliphatic carbocycles. The lowest BCUT2D eigenvalue weighted by atomic mass is 10.1. The molecule has 0 atom stereocenters. The van der Waals surface area contributed by atoms with Crippen LogP contribution in [0.1, 0.15) is 21.5 Å². The van der Waals surface area contributed by atoms with Crippen molar-refractivity contribution in [3.05, 3.63) is 88.2 Å². The first-order valence-electron chi connectivity index (χ1n) is 9.98. The first-order valence-corrected chi connectivity index (χ1v) is 12.2. The molecule has 0 fully saturated rings. The van der Waals surface area contributed by atoms with Gasteiger partial charge in [0.2, 0.25) is 0 Å². The highest BCUT2D eigenvalue weighted by molar-refractivity contribution is 7.92. The molecule has 1 aromatic heterocycles. The van der Waals surface area contributed by atoms with Gasteiger partial charge in [0.1, 0.15) is 0 Å². The number of hydrogen-bond donors (Lipinski definition) is 0. The summed E-state index contributed by atoms with van der Waals surface area (Å²) in [4.78, 5) is 17.7. The Morgan fingerprint density at radius 1 is 0.969 bits per heavy atom. The highest BCUT2D eigenvalue weighted by atomic mass is 32.2. The summed E-state index contributed by atoms with van der Waals surface area (Å²) in [5.74, 6) is -0.416. The van der Waals surface area contributed by atoms with Crippen molar-refractivity contribution in [2.75, 3.05) is 11.4 Å². The van der Waals surface area contributed by atoms with Crippen LogP contribution in [0.15, 0.2) is 76.6 Å². The number of benzene rings is 3. The van der Waals surface area contributed by atoms with Crippen LogP contribution in [0.2, 0.25) is 0 Å². The maximum absolute atomic E-state index is 12.9. The van der Waals surface area contributed by atoms with E-state index in [-0.39, 0.29) is 4.90 Å². The van der Waals surface area contributed by atoms with Crippen LogP contribution in [0.4, 0.5) is 5.69 Å². The molecule has 0 saturated heterocycles. The van der Waals surface area contributed by atoms with Gasteiger partial charge in [0, 0.05) is 19.7 Å². The second kappa shape index (κ2) is 8.37. The van der Waals surface area contributed by atoms with Gasteiger partial charge in [0.05, 0.1) is 20.8 Å². The molecule has 1 heterocycles. The molecule has 0 radical (unpaired) electrons. The number of anilines is 1. The normalized spacial score (nSPS) is 12.3. The molecular weight excluding hydrogens is 442 g/mol. The Labute approximate surface area is 191 Å². The first kappa shape index (κ1) is 22.0. The molecule has 0 aliphatic heterocycles. The molecule has 0 saturated carbocycles. The van der Waals surface area contributed by atoms with Crippen LogP contribution >= 0.6 is 11.3 Å². The van der Waals surface area contributed by atoms with E-state index in [0.29, 0.717) is 16.1 Å². The third-order valence-corrected chi connectivity index (χ3v) is 8.40. The number of aromatic nitrogens is 1. The molecule has 3 aromatic carbocycles. The maximum Gasteiger partial charge on any atom is 0.279 e. The average Bonchev–Trinajstić information content (AvgIpc) is 3.08. The van der Waals surface area contributed by atoms with E-state index in [1.165, 1.54) is 58.1 Å². The summed E-state index contributed by atoms with van der Waals surface area (Å²) < 4.78 is 30.0. The van der Waals surface area contributed by atoms with Crippen molar-refractivity contribution in [2.24, 2.45) is 12.0 Å². The van der Waals surface area contributed by atoms with Gasteiger partial charge >= 0.3 is 0 Å². The SMILES string of the molecule is Cc1cc2sc(=NC(=O)c3ccc(S(=O)(=O)N(C)c4ccccc4)cc3)n(C)c2cc1C. The zero-order valence-corrected chi connectivity index (χ0v) is 19.9. The summed E-state index contributed by atoms with van der Waals surface area (Å²) in [6.07, 6.45) is 0. The molecule has 4 rings (SSSR count). The largest absolute Gasteiger partial charge is 0.319 e. The third-order valence-electron chi connectivity index (χ3n) is 5.50. The Balaban J connectivity index is 1.64. The fourth-order valence-corrected chi connectivity index (χ4v) is 5.63. The monoisotopic (exact) mass is 465 g/mol. The minimum atomic E-state index is -3.74. The van der Waals surface area contributed by atoms with Gasteiger partial charge in [0.15, 0.2) is 4.80 Å². The second-order valence-corrected chi connectivity index (χ2v) is 10.6. The fraction of sp³-hybridized carbons (Fsp3) is 0.167. The van der Waals surface area contributed by atoms with Gasteiger partial charge in [-0.05, 0) is 73.5 Å². The molecule has 1 amide bonds. The molecule has 4 aromatic rings. The highest BCUT2D eigenvalue weighted by Gasteiger charge is 2.21.